The SMILES string of the molecule is COc1ccc(CN(C)CC2CCCN2)c(F)c1. The molecule has 1 aromatic carbocycles. The van der Waals surface area contributed by atoms with E-state index in [1.165, 1.54) is 18.9 Å². The fourth-order valence-electron chi connectivity index (χ4n) is 2.43. The molecule has 0 radical (unpaired) electrons. The Bertz CT molecular complexity index is 391. The minimum atomic E-state index is -0.194. The zero-order chi connectivity index (χ0) is 13.0. The number of hydrogen-bond donors (Lipinski definition) is 1. The summed E-state index contributed by atoms with van der Waals surface area (Å²) in [4.78, 5) is 2.16. The molecule has 0 spiro atoms. The highest BCUT2D eigenvalue weighted by molar-refractivity contribution is 5.28. The van der Waals surface area contributed by atoms with Gasteiger partial charge in [-0.1, -0.05) is 6.07 Å². The lowest BCUT2D eigenvalue weighted by atomic mass is 10.1. The van der Waals surface area contributed by atoms with Crippen LogP contribution in [-0.2, 0) is 6.54 Å². The van der Waals surface area contributed by atoms with Gasteiger partial charge in [0.15, 0.2) is 0 Å². The van der Waals surface area contributed by atoms with Crippen LogP contribution in [0.4, 0.5) is 4.39 Å². The second-order valence-electron chi connectivity index (χ2n) is 4.95. The van der Waals surface area contributed by atoms with Gasteiger partial charge in [0.1, 0.15) is 11.6 Å². The Morgan fingerprint density at radius 2 is 2.33 bits per heavy atom. The van der Waals surface area contributed by atoms with Gasteiger partial charge in [-0.2, -0.15) is 0 Å². The van der Waals surface area contributed by atoms with E-state index in [4.69, 9.17) is 4.74 Å². The van der Waals surface area contributed by atoms with E-state index in [9.17, 15) is 4.39 Å². The maximum absolute atomic E-state index is 13.8. The van der Waals surface area contributed by atoms with E-state index in [1.807, 2.05) is 7.05 Å². The van der Waals surface area contributed by atoms with Gasteiger partial charge in [-0.25, -0.2) is 4.39 Å². The molecule has 0 amide bonds. The smallest absolute Gasteiger partial charge is 0.131 e. The highest BCUT2D eigenvalue weighted by Gasteiger charge is 2.16. The van der Waals surface area contributed by atoms with Gasteiger partial charge < -0.3 is 15.0 Å². The molecular formula is C14H21FN2O. The number of benzene rings is 1. The molecular weight excluding hydrogens is 231 g/mol. The van der Waals surface area contributed by atoms with Crippen molar-refractivity contribution in [1.82, 2.24) is 10.2 Å². The quantitative estimate of drug-likeness (QED) is 0.867. The lowest BCUT2D eigenvalue weighted by molar-refractivity contribution is 0.289. The zero-order valence-electron chi connectivity index (χ0n) is 11.1. The fraction of sp³-hybridized carbons (Fsp3) is 0.571. The monoisotopic (exact) mass is 252 g/mol. The maximum atomic E-state index is 13.8. The lowest BCUT2D eigenvalue weighted by Crippen LogP contribution is -2.35. The van der Waals surface area contributed by atoms with Crippen molar-refractivity contribution < 1.29 is 9.13 Å². The molecule has 3 nitrogen and oxygen atoms in total. The minimum absolute atomic E-state index is 0.194. The number of hydrogen-bond acceptors (Lipinski definition) is 3. The van der Waals surface area contributed by atoms with Crippen LogP contribution in [-0.4, -0.2) is 38.2 Å². The molecule has 0 bridgehead atoms. The van der Waals surface area contributed by atoms with Gasteiger partial charge in [0.2, 0.25) is 0 Å². The first-order chi connectivity index (χ1) is 8.69. The molecule has 1 N–H and O–H groups in total. The van der Waals surface area contributed by atoms with Crippen molar-refractivity contribution in [2.45, 2.75) is 25.4 Å². The van der Waals surface area contributed by atoms with E-state index < -0.39 is 0 Å². The summed E-state index contributed by atoms with van der Waals surface area (Å²) in [6.07, 6.45) is 2.46. The number of halogens is 1. The van der Waals surface area contributed by atoms with E-state index in [2.05, 4.69) is 10.2 Å². The number of methoxy groups -OCH3 is 1. The predicted octanol–water partition coefficient (Wildman–Crippen LogP) is 2.02. The van der Waals surface area contributed by atoms with Crippen LogP contribution in [0.25, 0.3) is 0 Å². The van der Waals surface area contributed by atoms with E-state index >= 15 is 0 Å². The normalized spacial score (nSPS) is 19.4. The van der Waals surface area contributed by atoms with Crippen LogP contribution in [0, 0.1) is 5.82 Å². The van der Waals surface area contributed by atoms with Crippen molar-refractivity contribution >= 4 is 0 Å². The topological polar surface area (TPSA) is 24.5 Å². The van der Waals surface area contributed by atoms with E-state index in [0.29, 0.717) is 18.3 Å². The van der Waals surface area contributed by atoms with Gasteiger partial charge in [-0.3, -0.25) is 0 Å². The third-order valence-electron chi connectivity index (χ3n) is 3.39. The minimum Gasteiger partial charge on any atom is -0.497 e. The molecule has 18 heavy (non-hydrogen) atoms. The number of nitrogens with zero attached hydrogens (tertiary/aromatic N) is 1. The van der Waals surface area contributed by atoms with Crippen LogP contribution < -0.4 is 10.1 Å². The molecule has 0 saturated carbocycles. The molecule has 1 aliphatic rings. The van der Waals surface area contributed by atoms with Crippen molar-refractivity contribution in [2.75, 3.05) is 27.2 Å². The summed E-state index contributed by atoms with van der Waals surface area (Å²) in [5.74, 6) is 0.372. The van der Waals surface area contributed by atoms with Crippen LogP contribution in [0.5, 0.6) is 5.75 Å². The van der Waals surface area contributed by atoms with Crippen LogP contribution in [0.2, 0.25) is 0 Å². The number of ether oxygens (including phenoxy) is 1. The first kappa shape index (κ1) is 13.3. The van der Waals surface area contributed by atoms with Gasteiger partial charge in [-0.15, -0.1) is 0 Å². The molecule has 0 aromatic heterocycles. The Balaban J connectivity index is 1.91. The standard InChI is InChI=1S/C14H21FN2O/c1-17(10-12-4-3-7-16-12)9-11-5-6-13(18-2)8-14(11)15/h5-6,8,12,16H,3-4,7,9-10H2,1-2H3. The Kier molecular flexibility index (Phi) is 4.55. The van der Waals surface area contributed by atoms with Crippen LogP contribution in [0.15, 0.2) is 18.2 Å². The summed E-state index contributed by atoms with van der Waals surface area (Å²) in [6, 6.07) is 5.60. The van der Waals surface area contributed by atoms with E-state index in [0.717, 1.165) is 18.7 Å². The molecule has 1 fully saturated rings. The first-order valence-electron chi connectivity index (χ1n) is 6.43. The molecule has 1 unspecified atom stereocenters. The summed E-state index contributed by atoms with van der Waals surface area (Å²) in [5, 5.41) is 3.45. The van der Waals surface area contributed by atoms with Gasteiger partial charge in [0.25, 0.3) is 0 Å². The highest BCUT2D eigenvalue weighted by Crippen LogP contribution is 2.17. The van der Waals surface area contributed by atoms with Gasteiger partial charge in [-0.05, 0) is 32.5 Å². The Morgan fingerprint density at radius 1 is 1.50 bits per heavy atom. The van der Waals surface area contributed by atoms with Crippen molar-refractivity contribution in [1.29, 1.82) is 0 Å². The van der Waals surface area contributed by atoms with Gasteiger partial charge in [0, 0.05) is 30.8 Å². The van der Waals surface area contributed by atoms with Crippen LogP contribution in [0.3, 0.4) is 0 Å². The average Bonchev–Trinajstić information content (AvgIpc) is 2.84. The molecule has 1 aliphatic heterocycles. The third kappa shape index (κ3) is 3.43. The summed E-state index contributed by atoms with van der Waals surface area (Å²) in [7, 11) is 3.58. The molecule has 0 aliphatic carbocycles. The molecule has 1 heterocycles. The third-order valence-corrected chi connectivity index (χ3v) is 3.39. The van der Waals surface area contributed by atoms with Crippen molar-refractivity contribution in [3.63, 3.8) is 0 Å². The molecule has 1 atom stereocenters. The second kappa shape index (κ2) is 6.16. The maximum Gasteiger partial charge on any atom is 0.131 e. The van der Waals surface area contributed by atoms with Crippen molar-refractivity contribution in [3.05, 3.63) is 29.6 Å². The van der Waals surface area contributed by atoms with Crippen LogP contribution >= 0.6 is 0 Å². The molecule has 4 heteroatoms. The molecule has 2 rings (SSSR count). The van der Waals surface area contributed by atoms with Gasteiger partial charge >= 0.3 is 0 Å². The summed E-state index contributed by atoms with van der Waals surface area (Å²) in [6.45, 7) is 2.70. The molecule has 1 saturated heterocycles. The van der Waals surface area contributed by atoms with E-state index in [1.54, 1.807) is 19.2 Å². The zero-order valence-corrected chi connectivity index (χ0v) is 11.1. The average molecular weight is 252 g/mol. The second-order valence-corrected chi connectivity index (χ2v) is 4.95. The van der Waals surface area contributed by atoms with Gasteiger partial charge in [0.05, 0.1) is 7.11 Å². The number of likely N-dealkylation sites (N-methyl/N-ethyl adjacent to an activating group) is 1. The number of nitrogens with one attached hydrogen (secondary N) is 1. The Morgan fingerprint density at radius 3 is 2.94 bits per heavy atom. The molecule has 1 aromatic rings. The number of rotatable bonds is 5. The highest BCUT2D eigenvalue weighted by atomic mass is 19.1. The summed E-state index contributed by atoms with van der Waals surface area (Å²) >= 11 is 0. The summed E-state index contributed by atoms with van der Waals surface area (Å²) < 4.78 is 18.8. The lowest BCUT2D eigenvalue weighted by Gasteiger charge is -2.21. The van der Waals surface area contributed by atoms with Crippen LogP contribution in [0.1, 0.15) is 18.4 Å². The Labute approximate surface area is 108 Å². The predicted molar refractivity (Wildman–Crippen MR) is 70.3 cm³/mol. The van der Waals surface area contributed by atoms with E-state index in [-0.39, 0.29) is 5.82 Å². The first-order valence-corrected chi connectivity index (χ1v) is 6.43. The molecule has 100 valence electrons. The largest absolute Gasteiger partial charge is 0.497 e. The summed E-state index contributed by atoms with van der Waals surface area (Å²) in [5.41, 5.74) is 0.719. The Hall–Kier alpha value is -1.13. The van der Waals surface area contributed by atoms with Crippen molar-refractivity contribution in [2.24, 2.45) is 0 Å². The van der Waals surface area contributed by atoms with Crippen molar-refractivity contribution in [3.8, 4) is 5.75 Å². The fourth-order valence-corrected chi connectivity index (χ4v) is 2.43.